The van der Waals surface area contributed by atoms with Gasteiger partial charge < -0.3 is 10.8 Å². The zero-order valence-corrected chi connectivity index (χ0v) is 8.86. The SMILES string of the molecule is NC(CO)Cc1ccccc1I. The zero-order valence-electron chi connectivity index (χ0n) is 6.70. The minimum Gasteiger partial charge on any atom is -0.395 e. The molecule has 3 heteroatoms. The Morgan fingerprint density at radius 2 is 2.08 bits per heavy atom. The number of rotatable bonds is 3. The Balaban J connectivity index is 2.69. The summed E-state index contributed by atoms with van der Waals surface area (Å²) in [5, 5.41) is 8.76. The van der Waals surface area contributed by atoms with Crippen LogP contribution in [0.25, 0.3) is 0 Å². The molecule has 1 rings (SSSR count). The first-order valence-electron chi connectivity index (χ1n) is 3.84. The van der Waals surface area contributed by atoms with Crippen LogP contribution in [0.5, 0.6) is 0 Å². The molecule has 0 aliphatic carbocycles. The normalized spacial score (nSPS) is 12.9. The first kappa shape index (κ1) is 9.95. The predicted octanol–water partition coefficient (Wildman–Crippen LogP) is 1.15. The van der Waals surface area contributed by atoms with Crippen molar-refractivity contribution in [3.8, 4) is 0 Å². The minimum absolute atomic E-state index is 0.0466. The van der Waals surface area contributed by atoms with Crippen molar-refractivity contribution in [3.05, 3.63) is 33.4 Å². The third-order valence-corrected chi connectivity index (χ3v) is 2.73. The number of halogens is 1. The van der Waals surface area contributed by atoms with Crippen LogP contribution < -0.4 is 5.73 Å². The third-order valence-electron chi connectivity index (χ3n) is 1.67. The molecule has 0 aliphatic rings. The maximum Gasteiger partial charge on any atom is 0.0585 e. The standard InChI is InChI=1S/C9H12INO/c10-9-4-2-1-3-7(9)5-8(11)6-12/h1-4,8,12H,5-6,11H2. The fourth-order valence-corrected chi connectivity index (χ4v) is 1.62. The Hall–Kier alpha value is -0.130. The van der Waals surface area contributed by atoms with Crippen molar-refractivity contribution in [2.24, 2.45) is 5.73 Å². The second kappa shape index (κ2) is 4.79. The van der Waals surface area contributed by atoms with Gasteiger partial charge in [0.15, 0.2) is 0 Å². The van der Waals surface area contributed by atoms with Gasteiger partial charge in [0.1, 0.15) is 0 Å². The maximum atomic E-state index is 8.76. The molecule has 0 fully saturated rings. The van der Waals surface area contributed by atoms with E-state index in [4.69, 9.17) is 10.8 Å². The average Bonchev–Trinajstić information content (AvgIpc) is 2.09. The van der Waals surface area contributed by atoms with Gasteiger partial charge in [-0.2, -0.15) is 0 Å². The van der Waals surface area contributed by atoms with Crippen molar-refractivity contribution < 1.29 is 5.11 Å². The van der Waals surface area contributed by atoms with E-state index in [1.807, 2.05) is 24.3 Å². The van der Waals surface area contributed by atoms with Crippen molar-refractivity contribution in [2.75, 3.05) is 6.61 Å². The monoisotopic (exact) mass is 277 g/mol. The molecule has 1 aromatic carbocycles. The molecule has 2 nitrogen and oxygen atoms in total. The summed E-state index contributed by atoms with van der Waals surface area (Å²) in [5.74, 6) is 0. The molecule has 1 aromatic rings. The lowest BCUT2D eigenvalue weighted by molar-refractivity contribution is 0.265. The van der Waals surface area contributed by atoms with Crippen LogP contribution in [0.1, 0.15) is 5.56 Å². The quantitative estimate of drug-likeness (QED) is 0.814. The molecule has 0 aromatic heterocycles. The van der Waals surface area contributed by atoms with E-state index in [2.05, 4.69) is 22.6 Å². The second-order valence-corrected chi connectivity index (χ2v) is 3.90. The lowest BCUT2D eigenvalue weighted by Gasteiger charge is -2.08. The van der Waals surface area contributed by atoms with Gasteiger partial charge in [-0.3, -0.25) is 0 Å². The van der Waals surface area contributed by atoms with Crippen LogP contribution in [-0.4, -0.2) is 17.8 Å². The van der Waals surface area contributed by atoms with Gasteiger partial charge in [-0.25, -0.2) is 0 Å². The summed E-state index contributed by atoms with van der Waals surface area (Å²) in [6, 6.07) is 7.93. The number of aliphatic hydroxyl groups excluding tert-OH is 1. The van der Waals surface area contributed by atoms with E-state index < -0.39 is 0 Å². The van der Waals surface area contributed by atoms with Gasteiger partial charge in [-0.1, -0.05) is 18.2 Å². The van der Waals surface area contributed by atoms with E-state index in [9.17, 15) is 0 Å². The molecule has 0 spiro atoms. The molecule has 0 radical (unpaired) electrons. The summed E-state index contributed by atoms with van der Waals surface area (Å²) in [6.45, 7) is 0.0466. The summed E-state index contributed by atoms with van der Waals surface area (Å²) >= 11 is 2.27. The van der Waals surface area contributed by atoms with E-state index in [1.54, 1.807) is 0 Å². The molecule has 0 saturated carbocycles. The van der Waals surface area contributed by atoms with Crippen LogP contribution in [0.3, 0.4) is 0 Å². The lowest BCUT2D eigenvalue weighted by atomic mass is 10.1. The van der Waals surface area contributed by atoms with Gasteiger partial charge in [0.05, 0.1) is 6.61 Å². The van der Waals surface area contributed by atoms with Gasteiger partial charge >= 0.3 is 0 Å². The van der Waals surface area contributed by atoms with Crippen LogP contribution in [-0.2, 0) is 6.42 Å². The van der Waals surface area contributed by atoms with Gasteiger partial charge in [-0.15, -0.1) is 0 Å². The number of nitrogens with two attached hydrogens (primary N) is 1. The van der Waals surface area contributed by atoms with Gasteiger partial charge in [0.25, 0.3) is 0 Å². The smallest absolute Gasteiger partial charge is 0.0585 e. The number of hydrogen-bond donors (Lipinski definition) is 2. The Kier molecular flexibility index (Phi) is 3.97. The molecule has 0 amide bonds. The molecular formula is C9H12INO. The van der Waals surface area contributed by atoms with Crippen molar-refractivity contribution in [1.82, 2.24) is 0 Å². The van der Waals surface area contributed by atoms with Crippen LogP contribution in [0, 0.1) is 3.57 Å². The molecular weight excluding hydrogens is 265 g/mol. The van der Waals surface area contributed by atoms with Crippen LogP contribution in [0.2, 0.25) is 0 Å². The molecule has 12 heavy (non-hydrogen) atoms. The molecule has 0 bridgehead atoms. The Morgan fingerprint density at radius 3 is 2.67 bits per heavy atom. The van der Waals surface area contributed by atoms with Gasteiger partial charge in [-0.05, 0) is 40.6 Å². The summed E-state index contributed by atoms with van der Waals surface area (Å²) in [4.78, 5) is 0. The van der Waals surface area contributed by atoms with Crippen molar-refractivity contribution in [3.63, 3.8) is 0 Å². The van der Waals surface area contributed by atoms with E-state index in [1.165, 1.54) is 9.13 Å². The number of hydrogen-bond acceptors (Lipinski definition) is 2. The molecule has 0 aliphatic heterocycles. The first-order chi connectivity index (χ1) is 5.74. The Morgan fingerprint density at radius 1 is 1.42 bits per heavy atom. The van der Waals surface area contributed by atoms with Crippen LogP contribution in [0.15, 0.2) is 24.3 Å². The zero-order chi connectivity index (χ0) is 8.97. The topological polar surface area (TPSA) is 46.2 Å². The second-order valence-electron chi connectivity index (χ2n) is 2.74. The molecule has 66 valence electrons. The van der Waals surface area contributed by atoms with E-state index >= 15 is 0 Å². The lowest BCUT2D eigenvalue weighted by Crippen LogP contribution is -2.27. The van der Waals surface area contributed by atoms with E-state index in [-0.39, 0.29) is 12.6 Å². The van der Waals surface area contributed by atoms with Crippen molar-refractivity contribution in [1.29, 1.82) is 0 Å². The highest BCUT2D eigenvalue weighted by molar-refractivity contribution is 14.1. The Bertz CT molecular complexity index is 252. The predicted molar refractivity (Wildman–Crippen MR) is 57.9 cm³/mol. The van der Waals surface area contributed by atoms with Gasteiger partial charge in [0, 0.05) is 9.61 Å². The number of benzene rings is 1. The fraction of sp³-hybridized carbons (Fsp3) is 0.333. The minimum atomic E-state index is -0.138. The van der Waals surface area contributed by atoms with E-state index in [0.717, 1.165) is 6.42 Å². The first-order valence-corrected chi connectivity index (χ1v) is 4.91. The maximum absolute atomic E-state index is 8.76. The molecule has 1 unspecified atom stereocenters. The largest absolute Gasteiger partial charge is 0.395 e. The summed E-state index contributed by atoms with van der Waals surface area (Å²) in [7, 11) is 0. The molecule has 0 heterocycles. The number of aliphatic hydroxyl groups is 1. The van der Waals surface area contributed by atoms with Gasteiger partial charge in [0.2, 0.25) is 0 Å². The van der Waals surface area contributed by atoms with Crippen molar-refractivity contribution in [2.45, 2.75) is 12.5 Å². The fourth-order valence-electron chi connectivity index (χ4n) is 1.01. The average molecular weight is 277 g/mol. The van der Waals surface area contributed by atoms with Crippen LogP contribution in [0.4, 0.5) is 0 Å². The highest BCUT2D eigenvalue weighted by Crippen LogP contribution is 2.12. The Labute approximate surface area is 85.9 Å². The van der Waals surface area contributed by atoms with Crippen LogP contribution >= 0.6 is 22.6 Å². The third kappa shape index (κ3) is 2.73. The molecule has 1 atom stereocenters. The molecule has 3 N–H and O–H groups in total. The highest BCUT2D eigenvalue weighted by atomic mass is 127. The summed E-state index contributed by atoms with van der Waals surface area (Å²) < 4.78 is 1.21. The molecule has 0 saturated heterocycles. The van der Waals surface area contributed by atoms with E-state index in [0.29, 0.717) is 0 Å². The van der Waals surface area contributed by atoms with Crippen molar-refractivity contribution >= 4 is 22.6 Å². The summed E-state index contributed by atoms with van der Waals surface area (Å²) in [6.07, 6.45) is 0.746. The summed E-state index contributed by atoms with van der Waals surface area (Å²) in [5.41, 5.74) is 6.83. The highest BCUT2D eigenvalue weighted by Gasteiger charge is 2.04.